The molecule has 3 rings (SSSR count). The van der Waals surface area contributed by atoms with Crippen LogP contribution in [-0.2, 0) is 11.2 Å². The fourth-order valence-electron chi connectivity index (χ4n) is 3.49. The molecule has 4 heteroatoms. The van der Waals surface area contributed by atoms with Gasteiger partial charge in [0.2, 0.25) is 5.91 Å². The van der Waals surface area contributed by atoms with Crippen LogP contribution in [0.3, 0.4) is 0 Å². The molecule has 1 aliphatic heterocycles. The summed E-state index contributed by atoms with van der Waals surface area (Å²) in [5, 5.41) is 0. The smallest absolute Gasteiger partial charge is 0.231 e. The number of carbonyl (C=O) groups is 1. The first-order valence-corrected chi connectivity index (χ1v) is 9.01. The number of likely N-dealkylation sites (N-methyl/N-ethyl adjacent to an activating group) is 1. The van der Waals surface area contributed by atoms with Gasteiger partial charge in [0.1, 0.15) is 5.75 Å². The summed E-state index contributed by atoms with van der Waals surface area (Å²) >= 11 is 0. The van der Waals surface area contributed by atoms with Crippen LogP contribution in [0.25, 0.3) is 0 Å². The molecule has 0 N–H and O–H groups in total. The minimum absolute atomic E-state index is 0.138. The number of anilines is 2. The molecule has 4 nitrogen and oxygen atoms in total. The molecule has 2 aromatic rings. The third kappa shape index (κ3) is 3.63. The van der Waals surface area contributed by atoms with E-state index in [2.05, 4.69) is 24.8 Å². The van der Waals surface area contributed by atoms with Crippen molar-refractivity contribution in [3.63, 3.8) is 0 Å². The molecule has 1 atom stereocenters. The Morgan fingerprint density at radius 3 is 2.40 bits per heavy atom. The fourth-order valence-corrected chi connectivity index (χ4v) is 3.49. The minimum atomic E-state index is 0.138. The van der Waals surface area contributed by atoms with E-state index in [0.717, 1.165) is 35.8 Å². The lowest BCUT2D eigenvalue weighted by Crippen LogP contribution is -2.50. The summed E-state index contributed by atoms with van der Waals surface area (Å²) in [6, 6.07) is 16.3. The molecule has 25 heavy (non-hydrogen) atoms. The Balaban J connectivity index is 1.80. The average molecular weight is 338 g/mol. The van der Waals surface area contributed by atoms with Crippen LogP contribution in [0.1, 0.15) is 26.3 Å². The van der Waals surface area contributed by atoms with Gasteiger partial charge >= 0.3 is 0 Å². The predicted octanol–water partition coefficient (Wildman–Crippen LogP) is 3.89. The SMILES string of the molecule is CCOc1ccc(CC(=O)N2CC(C)N(CC)c3ccccc32)cc1. The third-order valence-corrected chi connectivity index (χ3v) is 4.69. The van der Waals surface area contributed by atoms with Crippen LogP contribution in [0, 0.1) is 0 Å². The van der Waals surface area contributed by atoms with Gasteiger partial charge in [-0.2, -0.15) is 0 Å². The molecule has 0 bridgehead atoms. The van der Waals surface area contributed by atoms with E-state index in [9.17, 15) is 4.79 Å². The Bertz CT molecular complexity index is 727. The largest absolute Gasteiger partial charge is 0.494 e. The summed E-state index contributed by atoms with van der Waals surface area (Å²) in [6.07, 6.45) is 0.402. The van der Waals surface area contributed by atoms with Crippen molar-refractivity contribution in [1.29, 1.82) is 0 Å². The normalized spacial score (nSPS) is 16.5. The van der Waals surface area contributed by atoms with Gasteiger partial charge in [0.25, 0.3) is 0 Å². The van der Waals surface area contributed by atoms with Crippen molar-refractivity contribution in [2.45, 2.75) is 33.2 Å². The van der Waals surface area contributed by atoms with Gasteiger partial charge < -0.3 is 14.5 Å². The van der Waals surface area contributed by atoms with Gasteiger partial charge in [-0.3, -0.25) is 4.79 Å². The Morgan fingerprint density at radius 1 is 1.08 bits per heavy atom. The zero-order chi connectivity index (χ0) is 17.8. The molecule has 0 saturated heterocycles. The van der Waals surface area contributed by atoms with Crippen LogP contribution in [0.5, 0.6) is 5.75 Å². The highest BCUT2D eigenvalue weighted by Crippen LogP contribution is 2.35. The first-order chi connectivity index (χ1) is 12.1. The number of para-hydroxylation sites is 2. The standard InChI is InChI=1S/C21H26N2O2/c1-4-22-16(3)15-23(20-9-7-6-8-19(20)22)21(24)14-17-10-12-18(13-11-17)25-5-2/h6-13,16H,4-5,14-15H2,1-3H3. The molecule has 1 heterocycles. The Labute approximate surface area is 150 Å². The second-order valence-electron chi connectivity index (χ2n) is 6.38. The monoisotopic (exact) mass is 338 g/mol. The van der Waals surface area contributed by atoms with Crippen molar-refractivity contribution in [3.8, 4) is 5.75 Å². The molecule has 132 valence electrons. The number of hydrogen-bond acceptors (Lipinski definition) is 3. The van der Waals surface area contributed by atoms with E-state index in [-0.39, 0.29) is 5.91 Å². The highest BCUT2D eigenvalue weighted by atomic mass is 16.5. The van der Waals surface area contributed by atoms with E-state index in [1.807, 2.05) is 54.3 Å². The fraction of sp³-hybridized carbons (Fsp3) is 0.381. The topological polar surface area (TPSA) is 32.8 Å². The molecule has 2 aromatic carbocycles. The van der Waals surface area contributed by atoms with Crippen LogP contribution in [-0.4, -0.2) is 31.6 Å². The van der Waals surface area contributed by atoms with Crippen molar-refractivity contribution in [3.05, 3.63) is 54.1 Å². The zero-order valence-corrected chi connectivity index (χ0v) is 15.2. The van der Waals surface area contributed by atoms with Crippen LogP contribution in [0.4, 0.5) is 11.4 Å². The number of rotatable bonds is 5. The van der Waals surface area contributed by atoms with Gasteiger partial charge in [-0.1, -0.05) is 24.3 Å². The first-order valence-electron chi connectivity index (χ1n) is 9.01. The van der Waals surface area contributed by atoms with Gasteiger partial charge in [0, 0.05) is 19.1 Å². The first kappa shape index (κ1) is 17.3. The van der Waals surface area contributed by atoms with Crippen molar-refractivity contribution < 1.29 is 9.53 Å². The Kier molecular flexibility index (Phi) is 5.27. The minimum Gasteiger partial charge on any atom is -0.494 e. The molecule has 0 saturated carbocycles. The van der Waals surface area contributed by atoms with Gasteiger partial charge in [-0.05, 0) is 50.6 Å². The lowest BCUT2D eigenvalue weighted by Gasteiger charge is -2.42. The van der Waals surface area contributed by atoms with E-state index in [0.29, 0.717) is 19.1 Å². The molecular weight excluding hydrogens is 312 g/mol. The Morgan fingerprint density at radius 2 is 1.76 bits per heavy atom. The summed E-state index contributed by atoms with van der Waals surface area (Å²) in [4.78, 5) is 17.2. The molecule has 0 aromatic heterocycles. The van der Waals surface area contributed by atoms with Gasteiger partial charge in [-0.15, -0.1) is 0 Å². The average Bonchev–Trinajstić information content (AvgIpc) is 2.63. The summed E-state index contributed by atoms with van der Waals surface area (Å²) in [6.45, 7) is 8.61. The van der Waals surface area contributed by atoms with Crippen molar-refractivity contribution in [2.75, 3.05) is 29.5 Å². The predicted molar refractivity (Wildman–Crippen MR) is 103 cm³/mol. The molecular formula is C21H26N2O2. The van der Waals surface area contributed by atoms with Crippen LogP contribution >= 0.6 is 0 Å². The molecule has 0 fully saturated rings. The summed E-state index contributed by atoms with van der Waals surface area (Å²) in [5.41, 5.74) is 3.17. The van der Waals surface area contributed by atoms with Crippen LogP contribution in [0.2, 0.25) is 0 Å². The molecule has 1 aliphatic rings. The molecule has 0 aliphatic carbocycles. The maximum absolute atomic E-state index is 13.0. The summed E-state index contributed by atoms with van der Waals surface area (Å²) in [7, 11) is 0. The highest BCUT2D eigenvalue weighted by molar-refractivity contribution is 5.99. The quantitative estimate of drug-likeness (QED) is 0.829. The van der Waals surface area contributed by atoms with Gasteiger partial charge in [0.05, 0.1) is 24.4 Å². The number of benzene rings is 2. The molecule has 1 unspecified atom stereocenters. The number of hydrogen-bond donors (Lipinski definition) is 0. The molecule has 1 amide bonds. The second kappa shape index (κ2) is 7.60. The maximum Gasteiger partial charge on any atom is 0.231 e. The summed E-state index contributed by atoms with van der Waals surface area (Å²) < 4.78 is 5.47. The highest BCUT2D eigenvalue weighted by Gasteiger charge is 2.30. The van der Waals surface area contributed by atoms with Crippen molar-refractivity contribution in [1.82, 2.24) is 0 Å². The number of carbonyl (C=O) groups excluding carboxylic acids is 1. The lowest BCUT2D eigenvalue weighted by atomic mass is 10.1. The molecule has 0 radical (unpaired) electrons. The zero-order valence-electron chi connectivity index (χ0n) is 15.2. The van der Waals surface area contributed by atoms with Gasteiger partial charge in [-0.25, -0.2) is 0 Å². The van der Waals surface area contributed by atoms with E-state index in [4.69, 9.17) is 4.74 Å². The Hall–Kier alpha value is -2.49. The van der Waals surface area contributed by atoms with Gasteiger partial charge in [0.15, 0.2) is 0 Å². The van der Waals surface area contributed by atoms with E-state index >= 15 is 0 Å². The van der Waals surface area contributed by atoms with Crippen LogP contribution in [0.15, 0.2) is 48.5 Å². The van der Waals surface area contributed by atoms with E-state index < -0.39 is 0 Å². The van der Waals surface area contributed by atoms with E-state index in [1.54, 1.807) is 0 Å². The second-order valence-corrected chi connectivity index (χ2v) is 6.38. The number of ether oxygens (including phenoxy) is 1. The third-order valence-electron chi connectivity index (χ3n) is 4.69. The van der Waals surface area contributed by atoms with Crippen LogP contribution < -0.4 is 14.5 Å². The molecule has 0 spiro atoms. The maximum atomic E-state index is 13.0. The number of nitrogens with zero attached hydrogens (tertiary/aromatic N) is 2. The summed E-state index contributed by atoms with van der Waals surface area (Å²) in [5.74, 6) is 0.980. The number of amides is 1. The van der Waals surface area contributed by atoms with Crippen molar-refractivity contribution >= 4 is 17.3 Å². The number of fused-ring (bicyclic) bond motifs is 1. The van der Waals surface area contributed by atoms with E-state index in [1.165, 1.54) is 0 Å². The lowest BCUT2D eigenvalue weighted by molar-refractivity contribution is -0.118. The van der Waals surface area contributed by atoms with Crippen molar-refractivity contribution in [2.24, 2.45) is 0 Å².